The summed E-state index contributed by atoms with van der Waals surface area (Å²) in [6, 6.07) is 61.3. The molecular formula is C108H144N2O14. The van der Waals surface area contributed by atoms with Gasteiger partial charge in [-0.3, -0.25) is 0 Å². The molecule has 670 valence electrons. The Hall–Kier alpha value is -9.30. The van der Waals surface area contributed by atoms with Gasteiger partial charge in [-0.05, 0) is 238 Å². The second-order valence-electron chi connectivity index (χ2n) is 34.3. The highest BCUT2D eigenvalue weighted by Crippen LogP contribution is 2.55. The molecule has 0 fully saturated rings. The van der Waals surface area contributed by atoms with Crippen molar-refractivity contribution in [2.24, 2.45) is 11.5 Å². The number of hydrogen-bond acceptors (Lipinski definition) is 16. The molecule has 0 heterocycles. The Morgan fingerprint density at radius 3 is 1.27 bits per heavy atom. The fourth-order valence-corrected chi connectivity index (χ4v) is 15.0. The van der Waals surface area contributed by atoms with Gasteiger partial charge in [0.15, 0.2) is 0 Å². The van der Waals surface area contributed by atoms with Gasteiger partial charge < -0.3 is 77.8 Å². The second kappa shape index (κ2) is 51.4. The van der Waals surface area contributed by atoms with Crippen molar-refractivity contribution in [3.63, 3.8) is 0 Å². The highest BCUT2D eigenvalue weighted by atomic mass is 16.6. The minimum atomic E-state index is -0.777. The zero-order valence-corrected chi connectivity index (χ0v) is 77.1. The normalized spacial score (nSPS) is 15.2. The van der Waals surface area contributed by atoms with Crippen LogP contribution in [0.1, 0.15) is 214 Å². The third kappa shape index (κ3) is 32.0. The first-order valence-corrected chi connectivity index (χ1v) is 45.1. The molecule has 0 aliphatic heterocycles. The lowest BCUT2D eigenvalue weighted by Gasteiger charge is -2.35. The second-order valence-corrected chi connectivity index (χ2v) is 34.3. The van der Waals surface area contributed by atoms with Crippen LogP contribution in [0.25, 0.3) is 47.6 Å². The lowest BCUT2D eigenvalue weighted by Crippen LogP contribution is -2.32. The first kappa shape index (κ1) is 98.5. The lowest BCUT2D eigenvalue weighted by atomic mass is 9.68. The van der Waals surface area contributed by atoms with Crippen LogP contribution in [-0.4, -0.2) is 150 Å². The number of rotatable bonds is 59. The minimum Gasteiger partial charge on any atom is -0.499 e. The van der Waals surface area contributed by atoms with Crippen LogP contribution in [0, 0.1) is 0 Å². The number of hydrogen-bond donors (Lipinski definition) is 2. The van der Waals surface area contributed by atoms with Crippen LogP contribution < -0.4 is 39.9 Å². The van der Waals surface area contributed by atoms with Gasteiger partial charge in [-0.2, -0.15) is 0 Å². The standard InChI is InChI=1S/C108H144N2O14/c1-17-94(114-16)52-63-118-95(18-2)53-64-121-99-66-90(65-98(71-99)120-62-51-80(5)122-75-81(6)112-14)73-108(74-91-67-100(119-61-50-79(4)115-60-49-78(3)111-13)72-101(68-91)124-77-83(8)123-76-82(7)113-15)104-69-89(34-33-85-27-31-87(32-28-85)47-54-106(9,10)92-38-43-97(44-39-92)117-59-22-20-57-110)37-45-102(104)103-46-40-93(70-105(103)108)107(11,12)55-48-88-29-25-84(26-30-88)23-24-86-35-41-96(42-36-86)116-58-21-19-56-109/h23-48,54-55,65-72,78-81,83,94-95H,7,17-22,49-53,56-64,73-77,109-110H2,1-6,8-16H3/b24-23+,34-33+,54-47+,55-48+. The maximum Gasteiger partial charge on any atom is 0.123 e. The van der Waals surface area contributed by atoms with E-state index in [-0.39, 0.29) is 61.4 Å². The summed E-state index contributed by atoms with van der Waals surface area (Å²) < 4.78 is 87.1. The molecule has 1 aliphatic carbocycles. The summed E-state index contributed by atoms with van der Waals surface area (Å²) in [5.74, 6) is 5.02. The van der Waals surface area contributed by atoms with E-state index in [1.165, 1.54) is 22.3 Å². The summed E-state index contributed by atoms with van der Waals surface area (Å²) in [5, 5.41) is 0. The molecule has 0 amide bonds. The van der Waals surface area contributed by atoms with Crippen molar-refractivity contribution in [1.82, 2.24) is 0 Å². The van der Waals surface area contributed by atoms with Gasteiger partial charge >= 0.3 is 0 Å². The first-order valence-electron chi connectivity index (χ1n) is 45.1. The van der Waals surface area contributed by atoms with E-state index in [0.717, 1.165) is 119 Å². The molecule has 0 bridgehead atoms. The third-order valence-electron chi connectivity index (χ3n) is 23.4. The van der Waals surface area contributed by atoms with Gasteiger partial charge in [0, 0.05) is 82.2 Å². The average molecular weight is 1690 g/mol. The van der Waals surface area contributed by atoms with Gasteiger partial charge in [-0.1, -0.05) is 206 Å². The van der Waals surface area contributed by atoms with Crippen molar-refractivity contribution in [1.29, 1.82) is 0 Å². The van der Waals surface area contributed by atoms with E-state index in [2.05, 4.69) is 263 Å². The van der Waals surface area contributed by atoms with E-state index in [1.54, 1.807) is 28.4 Å². The summed E-state index contributed by atoms with van der Waals surface area (Å²) in [6.45, 7) is 33.8. The Bertz CT molecular complexity index is 4580. The Balaban J connectivity index is 1.16. The molecule has 8 aromatic carbocycles. The summed E-state index contributed by atoms with van der Waals surface area (Å²) in [7, 11) is 6.82. The van der Waals surface area contributed by atoms with Gasteiger partial charge in [0.2, 0.25) is 0 Å². The number of methoxy groups -OCH3 is 4. The van der Waals surface area contributed by atoms with E-state index < -0.39 is 10.8 Å². The topological polar surface area (TPSA) is 181 Å². The van der Waals surface area contributed by atoms with Crippen molar-refractivity contribution < 1.29 is 66.3 Å². The van der Waals surface area contributed by atoms with Gasteiger partial charge in [0.05, 0.1) is 89.5 Å². The van der Waals surface area contributed by atoms with E-state index in [4.69, 9.17) is 77.8 Å². The number of nitrogens with two attached hydrogens (primary N) is 2. The summed E-state index contributed by atoms with van der Waals surface area (Å²) >= 11 is 0. The molecule has 16 nitrogen and oxygen atoms in total. The fourth-order valence-electron chi connectivity index (χ4n) is 15.0. The lowest BCUT2D eigenvalue weighted by molar-refractivity contribution is -0.0193. The number of benzene rings is 8. The van der Waals surface area contributed by atoms with Crippen LogP contribution in [0.15, 0.2) is 194 Å². The quantitative estimate of drug-likeness (QED) is 0.0208. The number of unbranched alkanes of at least 4 members (excludes halogenated alkanes) is 2. The van der Waals surface area contributed by atoms with Crippen LogP contribution in [0.5, 0.6) is 34.5 Å². The number of fused-ring (bicyclic) bond motifs is 3. The average Bonchev–Trinajstić information content (AvgIpc) is 1.55. The smallest absolute Gasteiger partial charge is 0.123 e. The molecule has 8 atom stereocenters. The van der Waals surface area contributed by atoms with Crippen molar-refractivity contribution in [3.05, 3.63) is 261 Å². The summed E-state index contributed by atoms with van der Waals surface area (Å²) in [6.07, 6.45) is 27.9. The van der Waals surface area contributed by atoms with Crippen molar-refractivity contribution in [3.8, 4) is 45.6 Å². The predicted molar refractivity (Wildman–Crippen MR) is 510 cm³/mol. The monoisotopic (exact) mass is 1690 g/mol. The molecule has 0 aromatic heterocycles. The Labute approximate surface area is 743 Å². The van der Waals surface area contributed by atoms with Gasteiger partial charge in [0.1, 0.15) is 53.5 Å². The van der Waals surface area contributed by atoms with E-state index in [9.17, 15) is 0 Å². The Kier molecular flexibility index (Phi) is 40.8. The molecule has 9 rings (SSSR count). The fraction of sp³-hybridized carbons (Fsp3) is 0.463. The highest BCUT2D eigenvalue weighted by molar-refractivity contribution is 5.85. The van der Waals surface area contributed by atoms with Crippen LogP contribution in [0.4, 0.5) is 0 Å². The van der Waals surface area contributed by atoms with Gasteiger partial charge in [-0.15, -0.1) is 0 Å². The van der Waals surface area contributed by atoms with Crippen LogP contribution in [0.3, 0.4) is 0 Å². The predicted octanol–water partition coefficient (Wildman–Crippen LogP) is 23.1. The molecule has 8 aromatic rings. The van der Waals surface area contributed by atoms with E-state index in [1.807, 2.05) is 38.1 Å². The first-order chi connectivity index (χ1) is 60.0. The third-order valence-corrected chi connectivity index (χ3v) is 23.4. The molecule has 8 unspecified atom stereocenters. The molecule has 124 heavy (non-hydrogen) atoms. The zero-order chi connectivity index (χ0) is 88.7. The highest BCUT2D eigenvalue weighted by Gasteiger charge is 2.45. The van der Waals surface area contributed by atoms with Crippen LogP contribution in [-0.2, 0) is 67.0 Å². The largest absolute Gasteiger partial charge is 0.499 e. The van der Waals surface area contributed by atoms with Crippen LogP contribution in [0.2, 0.25) is 0 Å². The summed E-state index contributed by atoms with van der Waals surface area (Å²) in [5.41, 5.74) is 25.7. The molecule has 0 radical (unpaired) electrons. The number of allylic oxidation sites excluding steroid dienone is 2. The zero-order valence-electron chi connectivity index (χ0n) is 77.1. The number of ether oxygens (including phenoxy) is 14. The molecule has 1 aliphatic rings. The van der Waals surface area contributed by atoms with Gasteiger partial charge in [-0.25, -0.2) is 0 Å². The molecule has 4 N–H and O–H groups in total. The molecular weight excluding hydrogens is 1550 g/mol. The maximum absolute atomic E-state index is 6.97. The van der Waals surface area contributed by atoms with Crippen molar-refractivity contribution in [2.75, 3.05) is 108 Å². The summed E-state index contributed by atoms with van der Waals surface area (Å²) in [4.78, 5) is 0. The molecule has 0 saturated carbocycles. The molecule has 16 heteroatoms. The molecule has 0 saturated heterocycles. The molecule has 0 spiro atoms. The minimum absolute atomic E-state index is 0.00235. The van der Waals surface area contributed by atoms with Gasteiger partial charge in [0.25, 0.3) is 0 Å². The Morgan fingerprint density at radius 1 is 0.363 bits per heavy atom. The van der Waals surface area contributed by atoms with E-state index >= 15 is 0 Å². The SMILES string of the molecule is C=C(COC(C)COc1cc(CC2(Cc3cc(OCCC(C)OCC(C)OC)cc(OCCC(CC)OCCC(CC)OC)c3)c3cc(/C=C/c4ccc(/C=C/C(C)(C)c5ccc(OCCCCN)cc5)cc4)ccc3-c3ccc(C(C)(C)/C=C/c4ccc(/C=C/c5ccc(OCCCCN)cc5)cc4)cc32)cc(OCCC(C)OCCC(C)OC)c1)OC. The maximum atomic E-state index is 6.97. The van der Waals surface area contributed by atoms with E-state index in [0.29, 0.717) is 127 Å². The van der Waals surface area contributed by atoms with Crippen molar-refractivity contribution in [2.45, 2.75) is 219 Å². The Morgan fingerprint density at radius 2 is 0.774 bits per heavy atom. The van der Waals surface area contributed by atoms with Crippen LogP contribution >= 0.6 is 0 Å². The van der Waals surface area contributed by atoms with Crippen molar-refractivity contribution >= 4 is 36.5 Å².